The van der Waals surface area contributed by atoms with Crippen LogP contribution in [0, 0.1) is 35.5 Å². The molecule has 0 bridgehead atoms. The van der Waals surface area contributed by atoms with Gasteiger partial charge in [0.1, 0.15) is 0 Å². The number of aliphatic carboxylic acids is 1. The lowest BCUT2D eigenvalue weighted by atomic mass is 9.76. The summed E-state index contributed by atoms with van der Waals surface area (Å²) in [5.74, 6) is -1.38. The van der Waals surface area contributed by atoms with Crippen LogP contribution in [-0.4, -0.2) is 75.1 Å². The highest BCUT2D eigenvalue weighted by Crippen LogP contribution is 2.34. The van der Waals surface area contributed by atoms with Gasteiger partial charge in [0.15, 0.2) is 0 Å². The molecule has 0 aromatic carbocycles. The van der Waals surface area contributed by atoms with Crippen LogP contribution in [0.1, 0.15) is 48.0 Å². The van der Waals surface area contributed by atoms with E-state index in [0.717, 1.165) is 6.42 Å². The molecule has 7 heteroatoms. The van der Waals surface area contributed by atoms with Crippen molar-refractivity contribution in [2.75, 3.05) is 28.4 Å². The van der Waals surface area contributed by atoms with Crippen LogP contribution in [0.2, 0.25) is 0 Å². The van der Waals surface area contributed by atoms with Crippen molar-refractivity contribution in [1.29, 1.82) is 0 Å². The summed E-state index contributed by atoms with van der Waals surface area (Å²) in [5.41, 5.74) is 0. The molecule has 1 unspecified atom stereocenters. The van der Waals surface area contributed by atoms with E-state index >= 15 is 0 Å². The first kappa shape index (κ1) is 31.0. The summed E-state index contributed by atoms with van der Waals surface area (Å²) in [7, 11) is 6.57. The fraction of sp³-hybridized carbons (Fsp3) is 0.880. The molecule has 0 rings (SSSR count). The Balaban J connectivity index is 5.46. The Hall–Kier alpha value is -0.990. The predicted octanol–water partition coefficient (Wildman–Crippen LogP) is 3.88. The van der Waals surface area contributed by atoms with Gasteiger partial charge < -0.3 is 29.2 Å². The van der Waals surface area contributed by atoms with E-state index in [2.05, 4.69) is 27.4 Å². The van der Waals surface area contributed by atoms with Gasteiger partial charge >= 0.3 is 5.97 Å². The predicted molar refractivity (Wildman–Crippen MR) is 127 cm³/mol. The minimum Gasteiger partial charge on any atom is -0.481 e. The zero-order chi connectivity index (χ0) is 25.2. The molecule has 0 aliphatic rings. The second-order valence-electron chi connectivity index (χ2n) is 9.42. The third-order valence-corrected chi connectivity index (χ3v) is 7.21. The zero-order valence-corrected chi connectivity index (χ0v) is 21.8. The summed E-state index contributed by atoms with van der Waals surface area (Å²) in [6.07, 6.45) is 0.783. The van der Waals surface area contributed by atoms with Gasteiger partial charge in [-0.05, 0) is 25.2 Å². The minimum atomic E-state index is -0.880. The van der Waals surface area contributed by atoms with Crippen LogP contribution in [0.5, 0.6) is 0 Å². The second-order valence-corrected chi connectivity index (χ2v) is 9.42. The van der Waals surface area contributed by atoms with Crippen molar-refractivity contribution in [3.05, 3.63) is 12.7 Å². The number of aliphatic hydroxyl groups excluding tert-OH is 1. The van der Waals surface area contributed by atoms with Crippen LogP contribution in [0.15, 0.2) is 12.7 Å². The summed E-state index contributed by atoms with van der Waals surface area (Å²) in [4.78, 5) is 11.5. The van der Waals surface area contributed by atoms with Crippen LogP contribution < -0.4 is 0 Å². The van der Waals surface area contributed by atoms with Gasteiger partial charge in [0.25, 0.3) is 0 Å². The molecule has 11 atom stereocenters. The Morgan fingerprint density at radius 1 is 0.750 bits per heavy atom. The van der Waals surface area contributed by atoms with E-state index in [0.29, 0.717) is 0 Å². The van der Waals surface area contributed by atoms with Gasteiger partial charge in [-0.1, -0.05) is 40.7 Å². The topological polar surface area (TPSA) is 94.5 Å². The summed E-state index contributed by atoms with van der Waals surface area (Å²) >= 11 is 0. The molecule has 0 radical (unpaired) electrons. The van der Waals surface area contributed by atoms with Gasteiger partial charge in [0.2, 0.25) is 0 Å². The first-order chi connectivity index (χ1) is 14.9. The van der Waals surface area contributed by atoms with Crippen molar-refractivity contribution < 1.29 is 34.0 Å². The molecule has 32 heavy (non-hydrogen) atoms. The minimum absolute atomic E-state index is 0.0361. The number of methoxy groups -OCH3 is 4. The Bertz CT molecular complexity index is 540. The quantitative estimate of drug-likeness (QED) is 0.318. The Labute approximate surface area is 195 Å². The van der Waals surface area contributed by atoms with E-state index in [1.165, 1.54) is 6.08 Å². The van der Waals surface area contributed by atoms with Crippen molar-refractivity contribution in [1.82, 2.24) is 0 Å². The third-order valence-electron chi connectivity index (χ3n) is 7.21. The average molecular weight is 461 g/mol. The third kappa shape index (κ3) is 8.10. The largest absolute Gasteiger partial charge is 0.481 e. The summed E-state index contributed by atoms with van der Waals surface area (Å²) in [6.45, 7) is 15.6. The lowest BCUT2D eigenvalue weighted by molar-refractivity contribution is -0.150. The van der Waals surface area contributed by atoms with Crippen molar-refractivity contribution in [2.24, 2.45) is 35.5 Å². The number of carbonyl (C=O) groups is 1. The lowest BCUT2D eigenvalue weighted by Crippen LogP contribution is -2.45. The van der Waals surface area contributed by atoms with E-state index in [9.17, 15) is 15.0 Å². The maximum absolute atomic E-state index is 11.5. The first-order valence-electron chi connectivity index (χ1n) is 11.6. The van der Waals surface area contributed by atoms with Gasteiger partial charge in [-0.15, -0.1) is 6.58 Å². The number of carboxylic acid groups (broad SMARTS) is 1. The Morgan fingerprint density at radius 2 is 1.12 bits per heavy atom. The smallest absolute Gasteiger partial charge is 0.308 e. The van der Waals surface area contributed by atoms with Crippen molar-refractivity contribution >= 4 is 5.97 Å². The maximum Gasteiger partial charge on any atom is 0.308 e. The summed E-state index contributed by atoms with van der Waals surface area (Å²) in [5, 5.41) is 19.7. The monoisotopic (exact) mass is 460 g/mol. The van der Waals surface area contributed by atoms with E-state index < -0.39 is 24.1 Å². The molecule has 0 aliphatic carbocycles. The van der Waals surface area contributed by atoms with E-state index in [1.54, 1.807) is 35.4 Å². The van der Waals surface area contributed by atoms with Crippen molar-refractivity contribution in [3.8, 4) is 0 Å². The molecule has 0 fully saturated rings. The highest BCUT2D eigenvalue weighted by Gasteiger charge is 2.39. The van der Waals surface area contributed by atoms with E-state index in [4.69, 9.17) is 18.9 Å². The first-order valence-corrected chi connectivity index (χ1v) is 11.6. The van der Waals surface area contributed by atoms with Crippen LogP contribution in [0.3, 0.4) is 0 Å². The molecule has 190 valence electrons. The zero-order valence-electron chi connectivity index (χ0n) is 21.8. The normalized spacial score (nSPS) is 22.5. The van der Waals surface area contributed by atoms with Crippen LogP contribution in [0.4, 0.5) is 0 Å². The number of rotatable bonds is 17. The summed E-state index contributed by atoms with van der Waals surface area (Å²) in [6, 6.07) is 0. The number of hydrogen-bond acceptors (Lipinski definition) is 6. The van der Waals surface area contributed by atoms with Gasteiger partial charge in [-0.3, -0.25) is 4.79 Å². The van der Waals surface area contributed by atoms with Crippen LogP contribution in [0.25, 0.3) is 0 Å². The Morgan fingerprint density at radius 3 is 1.44 bits per heavy atom. The van der Waals surface area contributed by atoms with Crippen molar-refractivity contribution in [3.63, 3.8) is 0 Å². The molecule has 7 nitrogen and oxygen atoms in total. The average Bonchev–Trinajstić information content (AvgIpc) is 2.74. The molecule has 0 spiro atoms. The fourth-order valence-corrected chi connectivity index (χ4v) is 5.49. The molecule has 0 aliphatic heterocycles. The highest BCUT2D eigenvalue weighted by atomic mass is 16.5. The molecule has 0 saturated carbocycles. The molecular weight excluding hydrogens is 412 g/mol. The van der Waals surface area contributed by atoms with E-state index in [-0.39, 0.29) is 47.9 Å². The SMILES string of the molecule is C=C[C@@H](O)[C@H](C)[C@H](OC)[C@@H](C)C(OC)[C@H](C)C[C@H](C)[C@H](OC)[C@@H](C)[C@H](OC)[C@@H](C)C(=O)O. The fourth-order valence-electron chi connectivity index (χ4n) is 5.49. The summed E-state index contributed by atoms with van der Waals surface area (Å²) < 4.78 is 23.0. The van der Waals surface area contributed by atoms with E-state index in [1.807, 2.05) is 13.8 Å². The molecule has 0 saturated heterocycles. The Kier molecular flexibility index (Phi) is 14.6. The maximum atomic E-state index is 11.5. The molecular formula is C25H48O7. The highest BCUT2D eigenvalue weighted by molar-refractivity contribution is 5.70. The molecule has 0 heterocycles. The lowest BCUT2D eigenvalue weighted by Gasteiger charge is -2.39. The molecule has 2 N–H and O–H groups in total. The molecule has 0 aromatic heterocycles. The number of hydrogen-bond donors (Lipinski definition) is 2. The van der Waals surface area contributed by atoms with Gasteiger partial charge in [-0.2, -0.15) is 0 Å². The molecule has 0 aromatic rings. The number of aliphatic hydroxyl groups is 1. The van der Waals surface area contributed by atoms with Gasteiger partial charge in [-0.25, -0.2) is 0 Å². The second kappa shape index (κ2) is 15.0. The van der Waals surface area contributed by atoms with Crippen LogP contribution >= 0.6 is 0 Å². The van der Waals surface area contributed by atoms with Crippen LogP contribution in [-0.2, 0) is 23.7 Å². The van der Waals surface area contributed by atoms with Gasteiger partial charge in [0.05, 0.1) is 36.4 Å². The molecule has 0 amide bonds. The standard InChI is InChI=1S/C25H48O7/c1-12-20(26)16(4)23(31-10)17(5)21(29-8)14(2)13-15(3)22(30-9)18(6)24(32-11)19(7)25(27)28/h12,14-24,26H,1,13H2,2-11H3,(H,27,28)/t14-,15+,16+,17+,18-,19-,20-,21?,22+,23+,24+/m1/s1. The number of ether oxygens (including phenoxy) is 4. The van der Waals surface area contributed by atoms with Crippen molar-refractivity contribution in [2.45, 2.75) is 78.5 Å². The number of carboxylic acids is 1. The van der Waals surface area contributed by atoms with Gasteiger partial charge in [0, 0.05) is 46.2 Å².